The number of hydrogen-bond donors (Lipinski definition) is 1. The first-order valence-corrected chi connectivity index (χ1v) is 6.05. The van der Waals surface area contributed by atoms with Gasteiger partial charge in [0, 0.05) is 19.6 Å². The summed E-state index contributed by atoms with van der Waals surface area (Å²) >= 11 is 0. The Labute approximate surface area is 104 Å². The van der Waals surface area contributed by atoms with Crippen LogP contribution in [0.25, 0.3) is 0 Å². The molecule has 0 saturated carbocycles. The number of carbonyl (C=O) groups is 1. The smallest absolute Gasteiger partial charge is 0.395 e. The largest absolute Gasteiger partial charge is 0.406 e. The van der Waals surface area contributed by atoms with Crippen molar-refractivity contribution in [2.24, 2.45) is 5.92 Å². The summed E-state index contributed by atoms with van der Waals surface area (Å²) < 4.78 is 37.0. The number of likely N-dealkylation sites (tertiary alicyclic amines) is 1. The lowest BCUT2D eigenvalue weighted by Gasteiger charge is -2.35. The summed E-state index contributed by atoms with van der Waals surface area (Å²) in [5.74, 6) is 0.503. The number of carbonyl (C=O) groups excluding carboxylic acids is 1. The second-order valence-corrected chi connectivity index (χ2v) is 4.71. The average molecular weight is 268 g/mol. The molecule has 0 unspecified atom stereocenters. The van der Waals surface area contributed by atoms with Crippen molar-refractivity contribution in [2.45, 2.75) is 25.9 Å². The summed E-state index contributed by atoms with van der Waals surface area (Å²) in [6, 6.07) is -0.631. The second-order valence-electron chi connectivity index (χ2n) is 4.71. The molecule has 1 fully saturated rings. The minimum absolute atomic E-state index is 0.287. The zero-order valence-electron chi connectivity index (χ0n) is 10.4. The molecule has 2 amide bonds. The van der Waals surface area contributed by atoms with Gasteiger partial charge in [-0.25, -0.2) is 4.79 Å². The molecule has 0 bridgehead atoms. The Morgan fingerprint density at radius 3 is 2.39 bits per heavy atom. The van der Waals surface area contributed by atoms with Crippen molar-refractivity contribution in [1.82, 2.24) is 9.80 Å². The molecule has 1 aliphatic heterocycles. The van der Waals surface area contributed by atoms with Crippen LogP contribution < -0.4 is 0 Å². The van der Waals surface area contributed by atoms with Crippen LogP contribution in [0.5, 0.6) is 0 Å². The van der Waals surface area contributed by atoms with Gasteiger partial charge in [-0.15, -0.1) is 0 Å². The van der Waals surface area contributed by atoms with Crippen LogP contribution in [-0.2, 0) is 0 Å². The standard InChI is InChI=1S/C11H19F3N2O2/c1-9-2-4-15(5-3-9)10(18)16(6-7-17)8-11(12,13)14/h9,17H,2-8H2,1H3. The third kappa shape index (κ3) is 4.72. The number of aliphatic hydroxyl groups is 1. The Morgan fingerprint density at radius 1 is 1.39 bits per heavy atom. The van der Waals surface area contributed by atoms with Gasteiger partial charge < -0.3 is 14.9 Å². The highest BCUT2D eigenvalue weighted by molar-refractivity contribution is 5.74. The normalized spacial score (nSPS) is 17.9. The van der Waals surface area contributed by atoms with Crippen molar-refractivity contribution in [1.29, 1.82) is 0 Å². The van der Waals surface area contributed by atoms with Crippen LogP contribution in [-0.4, -0.2) is 59.9 Å². The van der Waals surface area contributed by atoms with Crippen LogP contribution in [0, 0.1) is 5.92 Å². The lowest BCUT2D eigenvalue weighted by molar-refractivity contribution is -0.141. The number of urea groups is 1. The van der Waals surface area contributed by atoms with Gasteiger partial charge in [-0.2, -0.15) is 13.2 Å². The van der Waals surface area contributed by atoms with Crippen molar-refractivity contribution in [3.05, 3.63) is 0 Å². The topological polar surface area (TPSA) is 43.8 Å². The molecule has 1 saturated heterocycles. The van der Waals surface area contributed by atoms with Crippen molar-refractivity contribution in [3.8, 4) is 0 Å². The predicted octanol–water partition coefficient (Wildman–Crippen LogP) is 1.69. The van der Waals surface area contributed by atoms with E-state index in [1.165, 1.54) is 4.90 Å². The molecule has 18 heavy (non-hydrogen) atoms. The van der Waals surface area contributed by atoms with Crippen LogP contribution in [0.4, 0.5) is 18.0 Å². The van der Waals surface area contributed by atoms with E-state index in [0.717, 1.165) is 12.8 Å². The number of amides is 2. The molecule has 0 radical (unpaired) electrons. The molecule has 7 heteroatoms. The molecule has 1 rings (SSSR count). The Bertz CT molecular complexity index is 276. The van der Waals surface area contributed by atoms with Crippen LogP contribution in [0.3, 0.4) is 0 Å². The van der Waals surface area contributed by atoms with Crippen LogP contribution in [0.2, 0.25) is 0 Å². The van der Waals surface area contributed by atoms with E-state index < -0.39 is 25.4 Å². The fourth-order valence-electron chi connectivity index (χ4n) is 1.98. The van der Waals surface area contributed by atoms with E-state index >= 15 is 0 Å². The molecular weight excluding hydrogens is 249 g/mol. The van der Waals surface area contributed by atoms with Gasteiger partial charge in [0.15, 0.2) is 0 Å². The molecule has 0 aromatic carbocycles. The fraction of sp³-hybridized carbons (Fsp3) is 0.909. The molecule has 0 spiro atoms. The number of rotatable bonds is 3. The van der Waals surface area contributed by atoms with Crippen molar-refractivity contribution in [2.75, 3.05) is 32.8 Å². The number of piperidine rings is 1. The Morgan fingerprint density at radius 2 is 1.94 bits per heavy atom. The van der Waals surface area contributed by atoms with Gasteiger partial charge in [-0.1, -0.05) is 6.92 Å². The zero-order chi connectivity index (χ0) is 13.8. The van der Waals surface area contributed by atoms with Crippen LogP contribution in [0.1, 0.15) is 19.8 Å². The number of alkyl halides is 3. The van der Waals surface area contributed by atoms with Gasteiger partial charge in [0.2, 0.25) is 0 Å². The monoisotopic (exact) mass is 268 g/mol. The lowest BCUT2D eigenvalue weighted by Crippen LogP contribution is -2.50. The first-order chi connectivity index (χ1) is 8.33. The Balaban J connectivity index is 2.59. The highest BCUT2D eigenvalue weighted by Crippen LogP contribution is 2.20. The van der Waals surface area contributed by atoms with E-state index in [4.69, 9.17) is 5.11 Å². The number of nitrogens with zero attached hydrogens (tertiary/aromatic N) is 2. The summed E-state index contributed by atoms with van der Waals surface area (Å²) in [6.45, 7) is 0.970. The van der Waals surface area contributed by atoms with E-state index in [9.17, 15) is 18.0 Å². The summed E-state index contributed by atoms with van der Waals surface area (Å²) in [4.78, 5) is 14.0. The quantitative estimate of drug-likeness (QED) is 0.846. The Kier molecular flexibility index (Phi) is 5.25. The van der Waals surface area contributed by atoms with Crippen LogP contribution >= 0.6 is 0 Å². The highest BCUT2D eigenvalue weighted by atomic mass is 19.4. The van der Waals surface area contributed by atoms with Gasteiger partial charge in [0.25, 0.3) is 0 Å². The van der Waals surface area contributed by atoms with E-state index in [1.54, 1.807) is 0 Å². The fourth-order valence-corrected chi connectivity index (χ4v) is 1.98. The Hall–Kier alpha value is -0.980. The van der Waals surface area contributed by atoms with E-state index in [2.05, 4.69) is 6.92 Å². The highest BCUT2D eigenvalue weighted by Gasteiger charge is 2.35. The van der Waals surface area contributed by atoms with Gasteiger partial charge in [0.1, 0.15) is 6.54 Å². The average Bonchev–Trinajstić information content (AvgIpc) is 2.27. The van der Waals surface area contributed by atoms with Crippen LogP contribution in [0.15, 0.2) is 0 Å². The van der Waals surface area contributed by atoms with Gasteiger partial charge in [-0.05, 0) is 18.8 Å². The zero-order valence-corrected chi connectivity index (χ0v) is 10.4. The molecule has 4 nitrogen and oxygen atoms in total. The molecule has 1 heterocycles. The summed E-state index contributed by atoms with van der Waals surface area (Å²) in [6.07, 6.45) is -2.82. The third-order valence-electron chi connectivity index (χ3n) is 3.06. The molecule has 0 aliphatic carbocycles. The lowest BCUT2D eigenvalue weighted by atomic mass is 9.99. The minimum Gasteiger partial charge on any atom is -0.395 e. The molecule has 0 aromatic rings. The van der Waals surface area contributed by atoms with E-state index in [-0.39, 0.29) is 6.54 Å². The number of halogens is 3. The molecule has 0 aromatic heterocycles. The van der Waals surface area contributed by atoms with Crippen molar-refractivity contribution >= 4 is 6.03 Å². The van der Waals surface area contributed by atoms with Gasteiger partial charge in [-0.3, -0.25) is 0 Å². The first kappa shape index (κ1) is 15.1. The number of hydrogen-bond acceptors (Lipinski definition) is 2. The summed E-state index contributed by atoms with van der Waals surface area (Å²) in [5, 5.41) is 8.74. The van der Waals surface area contributed by atoms with Crippen molar-refractivity contribution in [3.63, 3.8) is 0 Å². The summed E-state index contributed by atoms with van der Waals surface area (Å²) in [7, 11) is 0. The minimum atomic E-state index is -4.44. The SMILES string of the molecule is CC1CCN(C(=O)N(CCO)CC(F)(F)F)CC1. The molecule has 1 N–H and O–H groups in total. The maximum absolute atomic E-state index is 12.3. The molecule has 106 valence electrons. The second kappa shape index (κ2) is 6.26. The maximum Gasteiger partial charge on any atom is 0.406 e. The number of aliphatic hydroxyl groups excluding tert-OH is 1. The third-order valence-corrected chi connectivity index (χ3v) is 3.06. The van der Waals surface area contributed by atoms with E-state index in [0.29, 0.717) is 23.9 Å². The maximum atomic E-state index is 12.3. The summed E-state index contributed by atoms with van der Waals surface area (Å²) in [5.41, 5.74) is 0. The van der Waals surface area contributed by atoms with Crippen molar-refractivity contribution < 1.29 is 23.1 Å². The predicted molar refractivity (Wildman–Crippen MR) is 60.1 cm³/mol. The molecule has 0 atom stereocenters. The first-order valence-electron chi connectivity index (χ1n) is 6.05. The van der Waals surface area contributed by atoms with E-state index in [1.807, 2.05) is 0 Å². The molecular formula is C11H19F3N2O2. The molecule has 1 aliphatic rings. The van der Waals surface area contributed by atoms with Gasteiger partial charge in [0.05, 0.1) is 6.61 Å². The van der Waals surface area contributed by atoms with Gasteiger partial charge >= 0.3 is 12.2 Å².